The zero-order chi connectivity index (χ0) is 14.7. The van der Waals surface area contributed by atoms with Crippen molar-refractivity contribution in [3.05, 3.63) is 35.9 Å². The number of amidine groups is 1. The lowest BCUT2D eigenvalue weighted by Crippen LogP contribution is -2.34. The van der Waals surface area contributed by atoms with Crippen molar-refractivity contribution < 1.29 is 5.21 Å². The lowest BCUT2D eigenvalue weighted by molar-refractivity contribution is 0.315. The van der Waals surface area contributed by atoms with Gasteiger partial charge in [0.05, 0.1) is 5.92 Å². The van der Waals surface area contributed by atoms with Crippen molar-refractivity contribution in [1.29, 1.82) is 0 Å². The number of oxime groups is 1. The second-order valence-corrected chi connectivity index (χ2v) is 6.49. The van der Waals surface area contributed by atoms with E-state index in [-0.39, 0.29) is 11.8 Å². The molecule has 4 heteroatoms. The van der Waals surface area contributed by atoms with Gasteiger partial charge in [-0.05, 0) is 55.5 Å². The summed E-state index contributed by atoms with van der Waals surface area (Å²) in [4.78, 5) is 0. The normalized spacial score (nSPS) is 20.7. The van der Waals surface area contributed by atoms with Crippen molar-refractivity contribution in [2.24, 2.45) is 28.6 Å². The molecule has 0 radical (unpaired) electrons. The van der Waals surface area contributed by atoms with Crippen LogP contribution in [0.5, 0.6) is 0 Å². The van der Waals surface area contributed by atoms with E-state index in [1.54, 1.807) is 0 Å². The molecule has 21 heavy (non-hydrogen) atoms. The summed E-state index contributed by atoms with van der Waals surface area (Å²) in [7, 11) is 0. The summed E-state index contributed by atoms with van der Waals surface area (Å²) < 4.78 is 0. The number of rotatable bonds is 8. The Morgan fingerprint density at radius 2 is 1.76 bits per heavy atom. The maximum absolute atomic E-state index is 9.01. The number of nitrogens with zero attached hydrogens (tertiary/aromatic N) is 1. The van der Waals surface area contributed by atoms with Gasteiger partial charge in [-0.25, -0.2) is 0 Å². The molecule has 2 saturated carbocycles. The number of benzene rings is 1. The molecule has 114 valence electrons. The van der Waals surface area contributed by atoms with Crippen LogP contribution in [0.15, 0.2) is 35.5 Å². The molecule has 0 spiro atoms. The first-order valence-electron chi connectivity index (χ1n) is 8.02. The standard InChI is InChI=1S/C17H25N3O/c18-17(20-21)16(12-4-2-1-3-5-12)11-19-10-15(13-6-7-13)14-8-9-14/h1-5,13-16,19,21H,6-11H2,(H2,18,20). The van der Waals surface area contributed by atoms with Gasteiger partial charge in [-0.3, -0.25) is 0 Å². The van der Waals surface area contributed by atoms with Crippen molar-refractivity contribution in [3.63, 3.8) is 0 Å². The van der Waals surface area contributed by atoms with Gasteiger partial charge in [-0.2, -0.15) is 0 Å². The summed E-state index contributed by atoms with van der Waals surface area (Å²) in [5, 5.41) is 15.8. The van der Waals surface area contributed by atoms with Crippen molar-refractivity contribution in [3.8, 4) is 0 Å². The van der Waals surface area contributed by atoms with Crippen molar-refractivity contribution in [2.75, 3.05) is 13.1 Å². The molecule has 4 nitrogen and oxygen atoms in total. The van der Waals surface area contributed by atoms with Crippen LogP contribution in [-0.2, 0) is 0 Å². The molecule has 1 aromatic carbocycles. The molecule has 1 atom stereocenters. The lowest BCUT2D eigenvalue weighted by Gasteiger charge is -2.20. The van der Waals surface area contributed by atoms with Crippen LogP contribution >= 0.6 is 0 Å². The van der Waals surface area contributed by atoms with Crippen LogP contribution < -0.4 is 11.1 Å². The highest BCUT2D eigenvalue weighted by molar-refractivity contribution is 5.87. The van der Waals surface area contributed by atoms with Gasteiger partial charge >= 0.3 is 0 Å². The molecule has 0 bridgehead atoms. The SMILES string of the molecule is NC(=NO)C(CNCC(C1CC1)C1CC1)c1ccccc1. The van der Waals surface area contributed by atoms with Crippen LogP contribution in [0.1, 0.15) is 37.2 Å². The summed E-state index contributed by atoms with van der Waals surface area (Å²) in [6, 6.07) is 10.0. The molecule has 1 aromatic rings. The fourth-order valence-electron chi connectivity index (χ4n) is 3.31. The minimum atomic E-state index is -0.0599. The number of hydrogen-bond donors (Lipinski definition) is 3. The van der Waals surface area contributed by atoms with Gasteiger partial charge in [0.15, 0.2) is 0 Å². The van der Waals surface area contributed by atoms with Gasteiger partial charge < -0.3 is 16.3 Å². The van der Waals surface area contributed by atoms with E-state index in [0.29, 0.717) is 0 Å². The molecule has 0 aromatic heterocycles. The van der Waals surface area contributed by atoms with Gasteiger partial charge in [-0.15, -0.1) is 0 Å². The molecule has 0 saturated heterocycles. The van der Waals surface area contributed by atoms with Gasteiger partial charge in [0.1, 0.15) is 5.84 Å². The molecule has 2 aliphatic carbocycles. The topological polar surface area (TPSA) is 70.6 Å². The Morgan fingerprint density at radius 3 is 2.29 bits per heavy atom. The average Bonchev–Trinajstić information content (AvgIpc) is 3.40. The molecule has 2 aliphatic rings. The molecular weight excluding hydrogens is 262 g/mol. The van der Waals surface area contributed by atoms with Crippen LogP contribution in [-0.4, -0.2) is 24.1 Å². The predicted molar refractivity (Wildman–Crippen MR) is 84.4 cm³/mol. The summed E-state index contributed by atoms with van der Waals surface area (Å²) >= 11 is 0. The fraction of sp³-hybridized carbons (Fsp3) is 0.588. The second kappa shape index (κ2) is 6.48. The Hall–Kier alpha value is -1.55. The largest absolute Gasteiger partial charge is 0.409 e. The van der Waals surface area contributed by atoms with Crippen LogP contribution in [0.2, 0.25) is 0 Å². The second-order valence-electron chi connectivity index (χ2n) is 6.49. The molecule has 1 unspecified atom stereocenters. The van der Waals surface area contributed by atoms with Crippen molar-refractivity contribution in [2.45, 2.75) is 31.6 Å². The first kappa shape index (κ1) is 14.4. The van der Waals surface area contributed by atoms with E-state index < -0.39 is 0 Å². The van der Waals surface area contributed by atoms with E-state index in [4.69, 9.17) is 10.9 Å². The first-order valence-corrected chi connectivity index (χ1v) is 8.02. The van der Waals surface area contributed by atoms with E-state index in [1.807, 2.05) is 30.3 Å². The van der Waals surface area contributed by atoms with Crippen LogP contribution in [0.3, 0.4) is 0 Å². The zero-order valence-electron chi connectivity index (χ0n) is 12.4. The molecular formula is C17H25N3O. The Kier molecular flexibility index (Phi) is 4.44. The summed E-state index contributed by atoms with van der Waals surface area (Å²) in [5.74, 6) is 2.96. The number of nitrogens with one attached hydrogen (secondary N) is 1. The third-order valence-corrected chi connectivity index (χ3v) is 4.86. The van der Waals surface area contributed by atoms with Crippen molar-refractivity contribution >= 4 is 5.84 Å². The minimum absolute atomic E-state index is 0.0599. The average molecular weight is 287 g/mol. The highest BCUT2D eigenvalue weighted by Crippen LogP contribution is 2.48. The van der Waals surface area contributed by atoms with Crippen LogP contribution in [0, 0.1) is 17.8 Å². The third kappa shape index (κ3) is 3.76. The summed E-state index contributed by atoms with van der Waals surface area (Å²) in [5.41, 5.74) is 6.96. The Labute approximate surface area is 126 Å². The quantitative estimate of drug-likeness (QED) is 0.298. The Morgan fingerprint density at radius 1 is 1.14 bits per heavy atom. The van der Waals surface area contributed by atoms with Gasteiger partial charge in [-0.1, -0.05) is 35.5 Å². The third-order valence-electron chi connectivity index (χ3n) is 4.86. The molecule has 4 N–H and O–H groups in total. The zero-order valence-corrected chi connectivity index (χ0v) is 12.4. The highest BCUT2D eigenvalue weighted by Gasteiger charge is 2.40. The van der Waals surface area contributed by atoms with E-state index in [2.05, 4.69) is 10.5 Å². The maximum atomic E-state index is 9.01. The summed E-state index contributed by atoms with van der Waals surface area (Å²) in [6.07, 6.45) is 5.63. The van der Waals surface area contributed by atoms with Crippen molar-refractivity contribution in [1.82, 2.24) is 5.32 Å². The molecule has 0 amide bonds. The molecule has 0 aliphatic heterocycles. The first-order chi connectivity index (χ1) is 10.3. The maximum Gasteiger partial charge on any atom is 0.147 e. The molecule has 2 fully saturated rings. The van der Waals surface area contributed by atoms with Crippen LogP contribution in [0.25, 0.3) is 0 Å². The highest BCUT2D eigenvalue weighted by atomic mass is 16.4. The smallest absolute Gasteiger partial charge is 0.147 e. The number of hydrogen-bond acceptors (Lipinski definition) is 3. The van der Waals surface area contributed by atoms with Gasteiger partial charge in [0.25, 0.3) is 0 Å². The minimum Gasteiger partial charge on any atom is -0.409 e. The van der Waals surface area contributed by atoms with Gasteiger partial charge in [0, 0.05) is 6.54 Å². The summed E-state index contributed by atoms with van der Waals surface area (Å²) in [6.45, 7) is 1.80. The Balaban J connectivity index is 1.57. The van der Waals surface area contributed by atoms with Gasteiger partial charge in [0.2, 0.25) is 0 Å². The number of nitrogens with two attached hydrogens (primary N) is 1. The van der Waals surface area contributed by atoms with Crippen LogP contribution in [0.4, 0.5) is 0 Å². The molecule has 0 heterocycles. The monoisotopic (exact) mass is 287 g/mol. The fourth-order valence-corrected chi connectivity index (χ4v) is 3.31. The molecule has 3 rings (SSSR count). The van der Waals surface area contributed by atoms with E-state index in [1.165, 1.54) is 25.7 Å². The Bertz CT molecular complexity index is 468. The lowest BCUT2D eigenvalue weighted by atomic mass is 9.95. The van der Waals surface area contributed by atoms with E-state index >= 15 is 0 Å². The van der Waals surface area contributed by atoms with E-state index in [0.717, 1.165) is 36.4 Å². The van der Waals surface area contributed by atoms with E-state index in [9.17, 15) is 0 Å². The predicted octanol–water partition coefficient (Wildman–Crippen LogP) is 2.54.